The quantitative estimate of drug-likeness (QED) is 0.104. The van der Waals surface area contributed by atoms with Gasteiger partial charge in [-0.05, 0) is 86.8 Å². The molecule has 6 heteroatoms. The van der Waals surface area contributed by atoms with Gasteiger partial charge in [-0.15, -0.1) is 0 Å². The van der Waals surface area contributed by atoms with Crippen molar-refractivity contribution in [3.63, 3.8) is 0 Å². The van der Waals surface area contributed by atoms with Gasteiger partial charge >= 0.3 is 11.9 Å². The van der Waals surface area contributed by atoms with Gasteiger partial charge in [0.15, 0.2) is 0 Å². The van der Waals surface area contributed by atoms with Crippen LogP contribution in [0.5, 0.6) is 11.5 Å². The lowest BCUT2D eigenvalue weighted by Gasteiger charge is -2.19. The Morgan fingerprint density at radius 1 is 0.654 bits per heavy atom. The third-order valence-electron chi connectivity index (χ3n) is 8.72. The molecule has 0 saturated heterocycles. The van der Waals surface area contributed by atoms with Crippen LogP contribution in [0.2, 0.25) is 0 Å². The van der Waals surface area contributed by atoms with E-state index in [1.165, 1.54) is 6.08 Å². The number of fused-ring (bicyclic) bond motifs is 2. The fourth-order valence-corrected chi connectivity index (χ4v) is 5.72. The molecule has 0 spiro atoms. The number of esters is 2. The highest BCUT2D eigenvalue weighted by Crippen LogP contribution is 2.28. The first-order chi connectivity index (χ1) is 25.2. The third-order valence-corrected chi connectivity index (χ3v) is 8.72. The van der Waals surface area contributed by atoms with E-state index in [1.54, 1.807) is 30.3 Å². The fourth-order valence-electron chi connectivity index (χ4n) is 5.72. The number of rotatable bonds is 11. The maximum atomic E-state index is 12.6. The molecule has 52 heavy (non-hydrogen) atoms. The van der Waals surface area contributed by atoms with Gasteiger partial charge in [-0.2, -0.15) is 0 Å². The van der Waals surface area contributed by atoms with E-state index in [2.05, 4.69) is 38.3 Å². The van der Waals surface area contributed by atoms with Crippen molar-refractivity contribution in [3.8, 4) is 11.5 Å². The molecular formula is C46H46O6. The first-order valence-electron chi connectivity index (χ1n) is 17.3. The second-order valence-corrected chi connectivity index (χ2v) is 12.3. The molecule has 0 heterocycles. The van der Waals surface area contributed by atoms with E-state index in [0.717, 1.165) is 56.6 Å². The Kier molecular flexibility index (Phi) is 14.8. The number of carbonyl (C=O) groups is 2. The highest BCUT2D eigenvalue weighted by Gasteiger charge is 2.22. The largest absolute Gasteiger partial charge is 0.508 e. The lowest BCUT2D eigenvalue weighted by atomic mass is 9.89. The minimum Gasteiger partial charge on any atom is -0.508 e. The molecule has 0 aliphatic rings. The van der Waals surface area contributed by atoms with Gasteiger partial charge in [-0.25, -0.2) is 4.79 Å². The molecule has 0 aliphatic carbocycles. The highest BCUT2D eigenvalue weighted by molar-refractivity contribution is 5.87. The van der Waals surface area contributed by atoms with Gasteiger partial charge in [0, 0.05) is 6.08 Å². The van der Waals surface area contributed by atoms with Crippen molar-refractivity contribution < 1.29 is 29.3 Å². The van der Waals surface area contributed by atoms with Crippen molar-refractivity contribution in [1.82, 2.24) is 0 Å². The number of phenolic OH excluding ortho intramolecular Hbond substituents is 2. The Morgan fingerprint density at radius 2 is 1.13 bits per heavy atom. The maximum Gasteiger partial charge on any atom is 0.330 e. The SMILES string of the molecule is C=CC(=O)OCc1cccc2ccccc12.C=Cc1ccc(O)cc1.CCC(CC(C)c1ccc(O)cc1)C(=O)OCc1cccc2ccccc12. The van der Waals surface area contributed by atoms with E-state index in [-0.39, 0.29) is 30.2 Å². The molecule has 0 bridgehead atoms. The van der Waals surface area contributed by atoms with Gasteiger partial charge in [0.1, 0.15) is 24.7 Å². The second kappa shape index (κ2) is 19.9. The summed E-state index contributed by atoms with van der Waals surface area (Å²) in [5, 5.41) is 22.8. The first kappa shape index (κ1) is 38.7. The molecule has 0 aromatic heterocycles. The van der Waals surface area contributed by atoms with Crippen molar-refractivity contribution in [3.05, 3.63) is 175 Å². The van der Waals surface area contributed by atoms with Gasteiger partial charge < -0.3 is 19.7 Å². The van der Waals surface area contributed by atoms with Gasteiger partial charge in [-0.3, -0.25) is 4.79 Å². The van der Waals surface area contributed by atoms with E-state index in [1.807, 2.05) is 97.9 Å². The normalized spacial score (nSPS) is 11.5. The van der Waals surface area contributed by atoms with Crippen molar-refractivity contribution in [2.75, 3.05) is 0 Å². The van der Waals surface area contributed by atoms with Gasteiger partial charge in [0.2, 0.25) is 0 Å². The van der Waals surface area contributed by atoms with Crippen molar-refractivity contribution in [2.24, 2.45) is 5.92 Å². The van der Waals surface area contributed by atoms with Crippen molar-refractivity contribution in [1.29, 1.82) is 0 Å². The molecule has 0 fully saturated rings. The molecule has 2 atom stereocenters. The summed E-state index contributed by atoms with van der Waals surface area (Å²) in [7, 11) is 0. The summed E-state index contributed by atoms with van der Waals surface area (Å²) in [5.41, 5.74) is 4.18. The third kappa shape index (κ3) is 11.5. The smallest absolute Gasteiger partial charge is 0.330 e. The minimum atomic E-state index is -0.395. The Morgan fingerprint density at radius 3 is 1.63 bits per heavy atom. The van der Waals surface area contributed by atoms with Crippen LogP contribution in [0.25, 0.3) is 27.6 Å². The summed E-state index contributed by atoms with van der Waals surface area (Å²) < 4.78 is 10.7. The molecule has 0 radical (unpaired) electrons. The number of carbonyl (C=O) groups excluding carboxylic acids is 2. The summed E-state index contributed by atoms with van der Waals surface area (Å²) >= 11 is 0. The lowest BCUT2D eigenvalue weighted by Crippen LogP contribution is -2.19. The van der Waals surface area contributed by atoms with Gasteiger partial charge in [0.25, 0.3) is 0 Å². The molecule has 6 rings (SSSR count). The summed E-state index contributed by atoms with van der Waals surface area (Å²) in [5.74, 6) is 0.0986. The number of ether oxygens (including phenoxy) is 2. The first-order valence-corrected chi connectivity index (χ1v) is 17.3. The number of hydrogen-bond acceptors (Lipinski definition) is 6. The van der Waals surface area contributed by atoms with Crippen molar-refractivity contribution >= 4 is 39.6 Å². The van der Waals surface area contributed by atoms with Gasteiger partial charge in [0.05, 0.1) is 5.92 Å². The van der Waals surface area contributed by atoms with Crippen LogP contribution in [0, 0.1) is 5.92 Å². The van der Waals surface area contributed by atoms with E-state index >= 15 is 0 Å². The minimum absolute atomic E-state index is 0.135. The Hall–Kier alpha value is -6.14. The number of phenols is 2. The molecule has 0 saturated carbocycles. The molecule has 2 unspecified atom stereocenters. The average Bonchev–Trinajstić information content (AvgIpc) is 3.19. The highest BCUT2D eigenvalue weighted by atomic mass is 16.5. The average molecular weight is 695 g/mol. The molecule has 6 aromatic rings. The Bertz CT molecular complexity index is 2050. The predicted octanol–water partition coefficient (Wildman–Crippen LogP) is 10.9. The standard InChI is InChI=1S/C24H26O3.C14H12O2.C8H8O/c1-3-18(15-17(2)19-11-13-22(25)14-12-19)24(26)27-16-21-9-6-8-20-7-4-5-10-23(20)21;1-2-14(15)16-10-12-8-5-7-11-6-3-4-9-13(11)12;1-2-7-3-5-8(9)6-4-7/h4-14,17-18,25H,3,15-16H2,1-2H3;2-9H,1,10H2;2-6,9H,1H2. The van der Waals surface area contributed by atoms with Crippen LogP contribution in [0.1, 0.15) is 54.9 Å². The zero-order valence-electron chi connectivity index (χ0n) is 29.8. The summed E-state index contributed by atoms with van der Waals surface area (Å²) in [4.78, 5) is 23.6. The molecule has 6 nitrogen and oxygen atoms in total. The number of aromatic hydroxyl groups is 2. The maximum absolute atomic E-state index is 12.6. The van der Waals surface area contributed by atoms with Crippen LogP contribution in [0.3, 0.4) is 0 Å². The molecule has 2 N–H and O–H groups in total. The van der Waals surface area contributed by atoms with Crippen LogP contribution in [-0.4, -0.2) is 22.2 Å². The van der Waals surface area contributed by atoms with Crippen LogP contribution < -0.4 is 0 Å². The summed E-state index contributed by atoms with van der Waals surface area (Å²) in [6.07, 6.45) is 4.39. The van der Waals surface area contributed by atoms with Crippen LogP contribution >= 0.6 is 0 Å². The van der Waals surface area contributed by atoms with Crippen molar-refractivity contribution in [2.45, 2.75) is 45.8 Å². The number of benzene rings is 6. The number of hydrogen-bond donors (Lipinski definition) is 2. The van der Waals surface area contributed by atoms with E-state index in [0.29, 0.717) is 12.4 Å². The van der Waals surface area contributed by atoms with E-state index < -0.39 is 5.97 Å². The molecule has 266 valence electrons. The summed E-state index contributed by atoms with van der Waals surface area (Å²) in [6.45, 7) is 11.6. The lowest BCUT2D eigenvalue weighted by molar-refractivity contribution is -0.150. The Labute approximate surface area is 306 Å². The second-order valence-electron chi connectivity index (χ2n) is 12.3. The topological polar surface area (TPSA) is 93.1 Å². The van der Waals surface area contributed by atoms with Gasteiger partial charge in [-0.1, -0.05) is 142 Å². The zero-order valence-corrected chi connectivity index (χ0v) is 29.8. The predicted molar refractivity (Wildman–Crippen MR) is 211 cm³/mol. The van der Waals surface area contributed by atoms with Crippen LogP contribution in [0.4, 0.5) is 0 Å². The van der Waals surface area contributed by atoms with E-state index in [4.69, 9.17) is 14.6 Å². The monoisotopic (exact) mass is 694 g/mol. The fraction of sp³-hybridized carbons (Fsp3) is 0.174. The molecule has 6 aromatic carbocycles. The molecule has 0 amide bonds. The summed E-state index contributed by atoms with van der Waals surface area (Å²) in [6, 6.07) is 42.3. The molecular weight excluding hydrogens is 648 g/mol. The van der Waals surface area contributed by atoms with E-state index in [9.17, 15) is 14.7 Å². The zero-order chi connectivity index (χ0) is 37.3. The molecule has 0 aliphatic heterocycles. The van der Waals surface area contributed by atoms with Crippen LogP contribution in [-0.2, 0) is 32.3 Å². The Balaban J connectivity index is 0.000000203. The van der Waals surface area contributed by atoms with Crippen LogP contribution in [0.15, 0.2) is 153 Å².